The predicted molar refractivity (Wildman–Crippen MR) is 155 cm³/mol. The number of amides is 2. The van der Waals surface area contributed by atoms with E-state index in [0.717, 1.165) is 19.3 Å². The molecule has 7 nitrogen and oxygen atoms in total. The lowest BCUT2D eigenvalue weighted by atomic mass is 9.55. The van der Waals surface area contributed by atoms with Crippen LogP contribution in [-0.2, 0) is 19.8 Å². The summed E-state index contributed by atoms with van der Waals surface area (Å²) in [5, 5.41) is 16.6. The number of hydrogen-bond donors (Lipinski definition) is 3. The standard InChI is InChI=1S/C31H34Cl2FN3O4/c1-37(19-11-8-17(9-12-19)28(39)40)27(38)26-24(20-6-5-7-22(33)25(20)34)31(30(36-26)14-3-2-4-15-30)21-13-10-18(32)16-23(21)35-29(31)41/h5-7,10,13,16-17,19,24,26,36H,2-4,8-9,11-12,14-15H2,1H3,(H,35,41)(H,39,40)/t17?,19?,24?,26-,31-/m1/s1. The van der Waals surface area contributed by atoms with E-state index in [4.69, 9.17) is 23.2 Å². The van der Waals surface area contributed by atoms with Crippen molar-refractivity contribution in [2.75, 3.05) is 12.4 Å². The zero-order valence-corrected chi connectivity index (χ0v) is 24.4. The van der Waals surface area contributed by atoms with Crippen LogP contribution in [0.1, 0.15) is 74.8 Å². The number of halogens is 3. The maximum Gasteiger partial charge on any atom is 0.306 e. The van der Waals surface area contributed by atoms with Crippen LogP contribution in [0, 0.1) is 11.7 Å². The number of benzene rings is 2. The number of carboxylic acids is 1. The van der Waals surface area contributed by atoms with Crippen molar-refractivity contribution in [3.8, 4) is 0 Å². The zero-order chi connectivity index (χ0) is 29.1. The molecule has 0 bridgehead atoms. The largest absolute Gasteiger partial charge is 0.481 e. The number of aliphatic carboxylic acids is 1. The minimum atomic E-state index is -1.28. The smallest absolute Gasteiger partial charge is 0.306 e. The summed E-state index contributed by atoms with van der Waals surface area (Å²) in [6.45, 7) is 0. The predicted octanol–water partition coefficient (Wildman–Crippen LogP) is 5.88. The Balaban J connectivity index is 1.51. The van der Waals surface area contributed by atoms with Gasteiger partial charge in [-0.25, -0.2) is 4.39 Å². The first-order chi connectivity index (χ1) is 19.6. The molecule has 2 saturated carbocycles. The van der Waals surface area contributed by atoms with Gasteiger partial charge in [0.05, 0.1) is 17.0 Å². The van der Waals surface area contributed by atoms with E-state index in [1.165, 1.54) is 6.07 Å². The lowest BCUT2D eigenvalue weighted by Crippen LogP contribution is -2.60. The Bertz CT molecular complexity index is 1410. The number of hydrogen-bond acceptors (Lipinski definition) is 4. The molecule has 3 fully saturated rings. The fourth-order valence-electron chi connectivity index (χ4n) is 8.31. The lowest BCUT2D eigenvalue weighted by molar-refractivity contribution is -0.143. The Morgan fingerprint density at radius 1 is 1.05 bits per heavy atom. The van der Waals surface area contributed by atoms with Crippen molar-refractivity contribution < 1.29 is 23.9 Å². The molecule has 10 heteroatoms. The first-order valence-corrected chi connectivity index (χ1v) is 15.2. The quantitative estimate of drug-likeness (QED) is 0.406. The Kier molecular flexibility index (Phi) is 7.32. The fraction of sp³-hybridized carbons (Fsp3) is 0.516. The normalized spacial score (nSPS) is 30.3. The van der Waals surface area contributed by atoms with E-state index in [-0.39, 0.29) is 28.4 Å². The van der Waals surface area contributed by atoms with Gasteiger partial charge >= 0.3 is 5.97 Å². The topological polar surface area (TPSA) is 98.7 Å². The highest BCUT2D eigenvalue weighted by atomic mass is 35.5. The maximum absolute atomic E-state index is 16.0. The van der Waals surface area contributed by atoms with Gasteiger partial charge in [0.15, 0.2) is 0 Å². The maximum atomic E-state index is 16.0. The molecule has 1 unspecified atom stereocenters. The zero-order valence-electron chi connectivity index (χ0n) is 22.9. The van der Waals surface area contributed by atoms with Crippen molar-refractivity contribution in [3.63, 3.8) is 0 Å². The Morgan fingerprint density at radius 3 is 2.44 bits per heavy atom. The van der Waals surface area contributed by atoms with Crippen LogP contribution in [-0.4, -0.2) is 52.5 Å². The van der Waals surface area contributed by atoms with Gasteiger partial charge < -0.3 is 15.3 Å². The van der Waals surface area contributed by atoms with Gasteiger partial charge in [-0.15, -0.1) is 0 Å². The monoisotopic (exact) mass is 601 g/mol. The molecule has 0 radical (unpaired) electrons. The minimum absolute atomic E-state index is 0.0662. The molecule has 3 N–H and O–H groups in total. The van der Waals surface area contributed by atoms with Crippen LogP contribution in [0.2, 0.25) is 10.0 Å². The van der Waals surface area contributed by atoms with Crippen molar-refractivity contribution in [2.24, 2.45) is 5.92 Å². The highest BCUT2D eigenvalue weighted by Crippen LogP contribution is 2.63. The Labute approximate surface area is 248 Å². The van der Waals surface area contributed by atoms with E-state index in [9.17, 15) is 19.5 Å². The van der Waals surface area contributed by atoms with E-state index < -0.39 is 40.6 Å². The molecule has 2 amide bonds. The van der Waals surface area contributed by atoms with E-state index in [1.54, 1.807) is 36.2 Å². The van der Waals surface area contributed by atoms with Crippen molar-refractivity contribution in [3.05, 3.63) is 63.4 Å². The number of anilines is 1. The summed E-state index contributed by atoms with van der Waals surface area (Å²) in [6, 6.07) is 9.01. The van der Waals surface area contributed by atoms with Crippen LogP contribution in [0.15, 0.2) is 36.4 Å². The van der Waals surface area contributed by atoms with Crippen LogP contribution in [0.4, 0.5) is 10.1 Å². The molecule has 218 valence electrons. The average Bonchev–Trinajstić information content (AvgIpc) is 3.41. The second-order valence-electron chi connectivity index (χ2n) is 12.1. The van der Waals surface area contributed by atoms with Gasteiger partial charge in [-0.1, -0.05) is 60.7 Å². The summed E-state index contributed by atoms with van der Waals surface area (Å²) in [7, 11) is 1.74. The number of fused-ring (bicyclic) bond motifs is 3. The number of nitrogens with one attached hydrogen (secondary N) is 2. The van der Waals surface area contributed by atoms with Crippen LogP contribution in [0.25, 0.3) is 0 Å². The molecular formula is C31H34Cl2FN3O4. The summed E-state index contributed by atoms with van der Waals surface area (Å²) in [5.41, 5.74) is -0.552. The van der Waals surface area contributed by atoms with Crippen LogP contribution >= 0.6 is 23.2 Å². The molecular weight excluding hydrogens is 568 g/mol. The summed E-state index contributed by atoms with van der Waals surface area (Å²) in [6.07, 6.45) is 6.17. The molecule has 1 saturated heterocycles. The number of carboxylic acid groups (broad SMARTS) is 1. The van der Waals surface area contributed by atoms with E-state index in [2.05, 4.69) is 10.6 Å². The van der Waals surface area contributed by atoms with Gasteiger partial charge in [-0.2, -0.15) is 0 Å². The van der Waals surface area contributed by atoms with Gasteiger partial charge in [0.1, 0.15) is 11.2 Å². The molecule has 0 aromatic heterocycles. The third-order valence-electron chi connectivity index (χ3n) is 10.2. The van der Waals surface area contributed by atoms with Gasteiger partial charge in [-0.3, -0.25) is 19.7 Å². The van der Waals surface area contributed by atoms with Gasteiger partial charge in [-0.05, 0) is 67.9 Å². The molecule has 2 heterocycles. The number of carbonyl (C=O) groups excluding carboxylic acids is 2. The van der Waals surface area contributed by atoms with Gasteiger partial charge in [0.2, 0.25) is 11.8 Å². The molecule has 3 atom stereocenters. The third-order valence-corrected chi connectivity index (χ3v) is 10.8. The highest BCUT2D eigenvalue weighted by molar-refractivity contribution is 6.31. The Hall–Kier alpha value is -2.68. The van der Waals surface area contributed by atoms with Crippen LogP contribution < -0.4 is 10.6 Å². The van der Waals surface area contributed by atoms with Crippen molar-refractivity contribution in [1.29, 1.82) is 0 Å². The average molecular weight is 603 g/mol. The second-order valence-corrected chi connectivity index (χ2v) is 13.0. The van der Waals surface area contributed by atoms with Crippen LogP contribution in [0.5, 0.6) is 0 Å². The lowest BCUT2D eigenvalue weighted by Gasteiger charge is -2.47. The Morgan fingerprint density at radius 2 is 1.76 bits per heavy atom. The van der Waals surface area contributed by atoms with E-state index >= 15 is 4.39 Å². The highest BCUT2D eigenvalue weighted by Gasteiger charge is 2.72. The summed E-state index contributed by atoms with van der Waals surface area (Å²) in [5.74, 6) is -3.23. The summed E-state index contributed by atoms with van der Waals surface area (Å²) < 4.78 is 16.0. The number of nitrogens with zero attached hydrogens (tertiary/aromatic N) is 1. The van der Waals surface area contributed by atoms with Gasteiger partial charge in [0, 0.05) is 35.3 Å². The second kappa shape index (κ2) is 10.5. The van der Waals surface area contributed by atoms with Crippen molar-refractivity contribution in [2.45, 2.75) is 86.7 Å². The number of rotatable bonds is 4. The number of likely N-dealkylation sites (N-methyl/N-ethyl adjacent to an activating group) is 1. The van der Waals surface area contributed by atoms with Gasteiger partial charge in [0.25, 0.3) is 0 Å². The molecule has 2 aromatic carbocycles. The van der Waals surface area contributed by atoms with Crippen molar-refractivity contribution >= 4 is 46.7 Å². The molecule has 2 aliphatic heterocycles. The molecule has 2 aliphatic carbocycles. The summed E-state index contributed by atoms with van der Waals surface area (Å²) in [4.78, 5) is 42.2. The molecule has 2 aromatic rings. The summed E-state index contributed by atoms with van der Waals surface area (Å²) >= 11 is 12.7. The molecule has 2 spiro atoms. The first-order valence-electron chi connectivity index (χ1n) is 14.4. The number of carbonyl (C=O) groups is 3. The third kappa shape index (κ3) is 4.28. The minimum Gasteiger partial charge on any atom is -0.481 e. The first kappa shape index (κ1) is 28.4. The SMILES string of the molecule is CN(C(=O)[C@@H]1NC2(CCCCC2)[C@@]2(C(=O)Nc3cc(Cl)ccc32)C1c1cccc(Cl)c1F)C1CCC(C(=O)O)CC1. The van der Waals surface area contributed by atoms with E-state index in [1.807, 2.05) is 6.07 Å². The molecule has 41 heavy (non-hydrogen) atoms. The van der Waals surface area contributed by atoms with Crippen LogP contribution in [0.3, 0.4) is 0 Å². The molecule has 6 rings (SSSR count). The molecule has 4 aliphatic rings. The fourth-order valence-corrected chi connectivity index (χ4v) is 8.67. The van der Waals surface area contributed by atoms with E-state index in [0.29, 0.717) is 54.8 Å². The van der Waals surface area contributed by atoms with Crippen molar-refractivity contribution in [1.82, 2.24) is 10.2 Å².